The summed E-state index contributed by atoms with van der Waals surface area (Å²) in [5.74, 6) is -2.14. The predicted molar refractivity (Wildman–Crippen MR) is 110 cm³/mol. The van der Waals surface area contributed by atoms with Gasteiger partial charge in [0.05, 0.1) is 6.61 Å². The number of aromatic hydroxyl groups is 1. The highest BCUT2D eigenvalue weighted by atomic mass is 19.1. The Morgan fingerprint density at radius 1 is 1.25 bits per heavy atom. The van der Waals surface area contributed by atoms with E-state index >= 15 is 0 Å². The van der Waals surface area contributed by atoms with Gasteiger partial charge in [0.25, 0.3) is 11.5 Å². The van der Waals surface area contributed by atoms with E-state index in [0.717, 1.165) is 4.57 Å². The average molecular weight is 448 g/mol. The van der Waals surface area contributed by atoms with Crippen molar-refractivity contribution in [2.75, 3.05) is 13.2 Å². The quantitative estimate of drug-likeness (QED) is 0.642. The maximum Gasteiger partial charge on any atom is 0.411 e. The van der Waals surface area contributed by atoms with Gasteiger partial charge in [-0.15, -0.1) is 0 Å². The lowest BCUT2D eigenvalue weighted by molar-refractivity contribution is 0.00104. The molecule has 0 spiro atoms. The molecule has 1 aliphatic heterocycles. The van der Waals surface area contributed by atoms with Crippen LogP contribution in [-0.4, -0.2) is 55.4 Å². The maximum atomic E-state index is 13.0. The highest BCUT2D eigenvalue weighted by Gasteiger charge is 2.37. The number of amides is 2. The Hall–Kier alpha value is -3.47. The van der Waals surface area contributed by atoms with Crippen LogP contribution in [0.15, 0.2) is 29.1 Å². The summed E-state index contributed by atoms with van der Waals surface area (Å²) in [6, 6.07) is 4.38. The smallest absolute Gasteiger partial charge is 0.411 e. The minimum atomic E-state index is -1.05. The van der Waals surface area contributed by atoms with Crippen LogP contribution in [0, 0.1) is 5.82 Å². The van der Waals surface area contributed by atoms with E-state index in [-0.39, 0.29) is 25.5 Å². The third-order valence-corrected chi connectivity index (χ3v) is 4.80. The van der Waals surface area contributed by atoms with Crippen molar-refractivity contribution in [1.82, 2.24) is 19.8 Å². The molecule has 1 atom stereocenters. The first-order valence-electron chi connectivity index (χ1n) is 9.98. The summed E-state index contributed by atoms with van der Waals surface area (Å²) >= 11 is 0. The predicted octanol–water partition coefficient (Wildman–Crippen LogP) is 1.30. The molecule has 1 aliphatic rings. The number of nitrogens with zero attached hydrogens (tertiary/aromatic N) is 3. The largest absolute Gasteiger partial charge is 0.501 e. The number of ether oxygens (including phenoxy) is 1. The molecule has 0 saturated carbocycles. The molecule has 0 bridgehead atoms. The fourth-order valence-corrected chi connectivity index (χ4v) is 3.28. The second-order valence-corrected chi connectivity index (χ2v) is 8.31. The summed E-state index contributed by atoms with van der Waals surface area (Å²) in [6.45, 7) is 4.56. The van der Waals surface area contributed by atoms with E-state index in [0.29, 0.717) is 5.56 Å². The Kier molecular flexibility index (Phi) is 6.49. The number of aliphatic hydroxyl groups is 1. The number of benzene rings is 1. The summed E-state index contributed by atoms with van der Waals surface area (Å²) in [6.07, 6.45) is -0.701. The van der Waals surface area contributed by atoms with Gasteiger partial charge in [0, 0.05) is 19.6 Å². The van der Waals surface area contributed by atoms with Crippen LogP contribution in [-0.2, 0) is 17.8 Å². The lowest BCUT2D eigenvalue weighted by atomic mass is 10.1. The molecule has 3 N–H and O–H groups in total. The molecule has 0 saturated heterocycles. The van der Waals surface area contributed by atoms with E-state index in [2.05, 4.69) is 10.3 Å². The molecule has 1 unspecified atom stereocenters. The number of nitrogens with one attached hydrogen (secondary N) is 1. The van der Waals surface area contributed by atoms with Gasteiger partial charge >= 0.3 is 6.09 Å². The molecule has 0 aliphatic carbocycles. The highest BCUT2D eigenvalue weighted by molar-refractivity contribution is 5.94. The molecule has 0 radical (unpaired) electrons. The Balaban J connectivity index is 1.89. The van der Waals surface area contributed by atoms with Crippen molar-refractivity contribution in [3.63, 3.8) is 0 Å². The van der Waals surface area contributed by atoms with Crippen LogP contribution in [0.4, 0.5) is 9.18 Å². The number of carbonyl (C=O) groups is 2. The number of rotatable bonds is 4. The first-order chi connectivity index (χ1) is 15.0. The summed E-state index contributed by atoms with van der Waals surface area (Å²) in [4.78, 5) is 43.2. The van der Waals surface area contributed by atoms with Crippen LogP contribution in [0.1, 0.15) is 48.7 Å². The average Bonchev–Trinajstić information content (AvgIpc) is 2.73. The Bertz CT molecular complexity index is 1080. The molecule has 2 heterocycles. The van der Waals surface area contributed by atoms with Gasteiger partial charge < -0.3 is 20.3 Å². The van der Waals surface area contributed by atoms with Crippen molar-refractivity contribution < 1.29 is 28.9 Å². The number of fused-ring (bicyclic) bond motifs is 1. The highest BCUT2D eigenvalue weighted by Crippen LogP contribution is 2.26. The van der Waals surface area contributed by atoms with Crippen molar-refractivity contribution in [2.24, 2.45) is 0 Å². The van der Waals surface area contributed by atoms with Crippen molar-refractivity contribution in [3.8, 4) is 5.75 Å². The van der Waals surface area contributed by atoms with Crippen molar-refractivity contribution in [2.45, 2.75) is 45.5 Å². The van der Waals surface area contributed by atoms with Crippen molar-refractivity contribution in [1.29, 1.82) is 0 Å². The zero-order valence-corrected chi connectivity index (χ0v) is 18.0. The van der Waals surface area contributed by atoms with E-state index in [1.54, 1.807) is 20.8 Å². The molecule has 10 nitrogen and oxygen atoms in total. The van der Waals surface area contributed by atoms with Crippen LogP contribution in [0.25, 0.3) is 0 Å². The Morgan fingerprint density at radius 3 is 2.50 bits per heavy atom. The van der Waals surface area contributed by atoms with Crippen molar-refractivity contribution >= 4 is 12.0 Å². The molecule has 3 rings (SSSR count). The van der Waals surface area contributed by atoms with Gasteiger partial charge in [-0.3, -0.25) is 19.1 Å². The monoisotopic (exact) mass is 448 g/mol. The number of halogens is 1. The zero-order chi connectivity index (χ0) is 23.6. The summed E-state index contributed by atoms with van der Waals surface area (Å²) in [5, 5.41) is 22.7. The molecule has 172 valence electrons. The van der Waals surface area contributed by atoms with Gasteiger partial charge in [-0.05, 0) is 38.5 Å². The van der Waals surface area contributed by atoms with E-state index in [9.17, 15) is 29.0 Å². The molecule has 0 fully saturated rings. The van der Waals surface area contributed by atoms with Crippen LogP contribution >= 0.6 is 0 Å². The first kappa shape index (κ1) is 23.2. The molecular weight excluding hydrogens is 423 g/mol. The molecular formula is C21H25FN4O6. The number of aliphatic hydroxyl groups excluding tert-OH is 1. The normalized spacial score (nSPS) is 15.8. The summed E-state index contributed by atoms with van der Waals surface area (Å²) in [7, 11) is 0. The Morgan fingerprint density at radius 2 is 1.91 bits per heavy atom. The lowest BCUT2D eigenvalue weighted by Crippen LogP contribution is -2.49. The van der Waals surface area contributed by atoms with E-state index in [4.69, 9.17) is 4.74 Å². The van der Waals surface area contributed by atoms with Gasteiger partial charge in [0.1, 0.15) is 23.3 Å². The molecule has 32 heavy (non-hydrogen) atoms. The van der Waals surface area contributed by atoms with Gasteiger partial charge in [-0.25, -0.2) is 14.2 Å². The summed E-state index contributed by atoms with van der Waals surface area (Å²) in [5.41, 5.74) is -1.57. The molecule has 2 amide bonds. The second-order valence-electron chi connectivity index (χ2n) is 8.31. The minimum absolute atomic E-state index is 0.00193. The lowest BCUT2D eigenvalue weighted by Gasteiger charge is -2.36. The topological polar surface area (TPSA) is 134 Å². The van der Waals surface area contributed by atoms with Crippen molar-refractivity contribution in [3.05, 3.63) is 57.5 Å². The fourth-order valence-electron chi connectivity index (χ4n) is 3.28. The molecule has 11 heteroatoms. The minimum Gasteiger partial charge on any atom is -0.501 e. The number of hydrogen-bond donors (Lipinski definition) is 3. The van der Waals surface area contributed by atoms with E-state index in [1.165, 1.54) is 29.2 Å². The van der Waals surface area contributed by atoms with Gasteiger partial charge in [0.15, 0.2) is 5.69 Å². The van der Waals surface area contributed by atoms with Crippen LogP contribution in [0.3, 0.4) is 0 Å². The van der Waals surface area contributed by atoms with E-state index < -0.39 is 53.1 Å². The molecule has 2 aromatic rings. The molecule has 1 aromatic heterocycles. The second kappa shape index (κ2) is 8.95. The SMILES string of the molecule is CC(C)(C)OC(=O)N1CCn2c(nc(C(=O)NCc3ccc(F)cc3)c(O)c2=O)C1CO. The van der Waals surface area contributed by atoms with Gasteiger partial charge in [0.2, 0.25) is 5.75 Å². The zero-order valence-electron chi connectivity index (χ0n) is 18.0. The number of hydrogen-bond acceptors (Lipinski definition) is 7. The number of aromatic nitrogens is 2. The first-order valence-corrected chi connectivity index (χ1v) is 9.98. The third-order valence-electron chi connectivity index (χ3n) is 4.80. The maximum absolute atomic E-state index is 13.0. The molecule has 1 aromatic carbocycles. The number of carbonyl (C=O) groups excluding carboxylic acids is 2. The van der Waals surface area contributed by atoms with E-state index in [1.807, 2.05) is 0 Å². The van der Waals surface area contributed by atoms with Crippen LogP contribution in [0.5, 0.6) is 5.75 Å². The standard InChI is InChI=1S/C21H25FN4O6/c1-21(2,3)32-20(31)25-8-9-26-17(14(25)11-27)24-15(16(28)19(26)30)18(29)23-10-12-4-6-13(22)7-5-12/h4-7,14,27-28H,8-11H2,1-3H3,(H,23,29). The summed E-state index contributed by atoms with van der Waals surface area (Å²) < 4.78 is 19.5. The Labute approximate surface area is 183 Å². The van der Waals surface area contributed by atoms with Crippen LogP contribution < -0.4 is 10.9 Å². The van der Waals surface area contributed by atoms with Gasteiger partial charge in [-0.2, -0.15) is 0 Å². The van der Waals surface area contributed by atoms with Gasteiger partial charge in [-0.1, -0.05) is 12.1 Å². The fraction of sp³-hybridized carbons (Fsp3) is 0.429. The van der Waals surface area contributed by atoms with Crippen LogP contribution in [0.2, 0.25) is 0 Å². The third kappa shape index (κ3) is 4.88.